The van der Waals surface area contributed by atoms with Gasteiger partial charge in [-0.3, -0.25) is 0 Å². The first-order valence-electron chi connectivity index (χ1n) is 6.26. The number of alkyl halides is 1. The third-order valence-electron chi connectivity index (χ3n) is 2.95. The van der Waals surface area contributed by atoms with Gasteiger partial charge in [0.15, 0.2) is 0 Å². The Labute approximate surface area is 122 Å². The summed E-state index contributed by atoms with van der Waals surface area (Å²) in [7, 11) is -1.77. The standard InChI is InChI=1S/C13H18BrNO3S/c1-18-9-11(14)8-10-4-2-3-5-13(10)19(16,17)15-12-6-7-12/h2-5,11-12,15H,6-9H2,1H3. The largest absolute Gasteiger partial charge is 0.384 e. The average Bonchev–Trinajstić information content (AvgIpc) is 3.13. The molecule has 106 valence electrons. The molecule has 0 aliphatic heterocycles. The lowest BCUT2D eigenvalue weighted by Gasteiger charge is -2.13. The number of methoxy groups -OCH3 is 1. The molecule has 1 aliphatic rings. The van der Waals surface area contributed by atoms with E-state index < -0.39 is 10.0 Å². The summed E-state index contributed by atoms with van der Waals surface area (Å²) in [4.78, 5) is 0.484. The lowest BCUT2D eigenvalue weighted by atomic mass is 10.1. The van der Waals surface area contributed by atoms with Crippen molar-refractivity contribution in [3.8, 4) is 0 Å². The van der Waals surface area contributed by atoms with E-state index in [0.29, 0.717) is 17.9 Å². The molecule has 0 radical (unpaired) electrons. The lowest BCUT2D eigenvalue weighted by molar-refractivity contribution is 0.200. The van der Waals surface area contributed by atoms with Crippen molar-refractivity contribution >= 4 is 26.0 Å². The Morgan fingerprint density at radius 2 is 2.11 bits per heavy atom. The van der Waals surface area contributed by atoms with E-state index in [0.717, 1.165) is 18.4 Å². The molecule has 0 heterocycles. The molecular formula is C13H18BrNO3S. The van der Waals surface area contributed by atoms with Crippen LogP contribution in [0.2, 0.25) is 0 Å². The minimum Gasteiger partial charge on any atom is -0.384 e. The first-order chi connectivity index (χ1) is 9.03. The fraction of sp³-hybridized carbons (Fsp3) is 0.538. The van der Waals surface area contributed by atoms with Gasteiger partial charge < -0.3 is 4.74 Å². The molecule has 1 fully saturated rings. The first-order valence-corrected chi connectivity index (χ1v) is 8.66. The summed E-state index contributed by atoms with van der Waals surface area (Å²) in [6.07, 6.45) is 2.49. The molecule has 0 spiro atoms. The molecule has 1 aliphatic carbocycles. The van der Waals surface area contributed by atoms with E-state index in [1.165, 1.54) is 0 Å². The van der Waals surface area contributed by atoms with Gasteiger partial charge in [0, 0.05) is 18.0 Å². The number of sulfonamides is 1. The van der Waals surface area contributed by atoms with Crippen LogP contribution in [0, 0.1) is 0 Å². The first kappa shape index (κ1) is 15.0. The lowest BCUT2D eigenvalue weighted by Crippen LogP contribution is -2.27. The van der Waals surface area contributed by atoms with E-state index in [9.17, 15) is 8.42 Å². The van der Waals surface area contributed by atoms with E-state index in [1.807, 2.05) is 12.1 Å². The van der Waals surface area contributed by atoms with E-state index in [-0.39, 0.29) is 10.9 Å². The minimum atomic E-state index is -3.40. The SMILES string of the molecule is COCC(Br)Cc1ccccc1S(=O)(=O)NC1CC1. The Hall–Kier alpha value is -0.430. The van der Waals surface area contributed by atoms with Crippen molar-refractivity contribution in [3.63, 3.8) is 0 Å². The van der Waals surface area contributed by atoms with Gasteiger partial charge >= 0.3 is 0 Å². The summed E-state index contributed by atoms with van der Waals surface area (Å²) in [6, 6.07) is 7.25. The normalized spacial score (nSPS) is 17.4. The van der Waals surface area contributed by atoms with Crippen LogP contribution in [0.1, 0.15) is 18.4 Å². The van der Waals surface area contributed by atoms with Crippen molar-refractivity contribution < 1.29 is 13.2 Å². The monoisotopic (exact) mass is 347 g/mol. The van der Waals surface area contributed by atoms with Crippen LogP contribution in [0.4, 0.5) is 0 Å². The molecule has 1 aromatic carbocycles. The quantitative estimate of drug-likeness (QED) is 0.768. The topological polar surface area (TPSA) is 55.4 Å². The second-order valence-corrected chi connectivity index (χ2v) is 7.74. The van der Waals surface area contributed by atoms with Gasteiger partial charge in [0.1, 0.15) is 0 Å². The molecule has 6 heteroatoms. The third-order valence-corrected chi connectivity index (χ3v) is 5.16. The Bertz CT molecular complexity index is 528. The van der Waals surface area contributed by atoms with E-state index in [2.05, 4.69) is 20.7 Å². The molecule has 1 atom stereocenters. The fourth-order valence-corrected chi connectivity index (χ4v) is 4.07. The summed E-state index contributed by atoms with van der Waals surface area (Å²) >= 11 is 3.50. The van der Waals surface area contributed by atoms with Crippen LogP contribution in [-0.4, -0.2) is 33.0 Å². The zero-order valence-electron chi connectivity index (χ0n) is 10.8. The molecule has 2 rings (SSSR count). The molecule has 0 bridgehead atoms. The zero-order chi connectivity index (χ0) is 13.9. The van der Waals surface area contributed by atoms with Gasteiger partial charge in [-0.1, -0.05) is 34.1 Å². The number of rotatable bonds is 7. The second-order valence-electron chi connectivity index (χ2n) is 4.76. The number of benzene rings is 1. The molecule has 1 unspecified atom stereocenters. The minimum absolute atomic E-state index is 0.106. The van der Waals surface area contributed by atoms with E-state index in [1.54, 1.807) is 19.2 Å². The molecule has 4 nitrogen and oxygen atoms in total. The Morgan fingerprint density at radius 1 is 1.42 bits per heavy atom. The summed E-state index contributed by atoms with van der Waals surface area (Å²) in [6.45, 7) is 0.546. The molecule has 0 saturated heterocycles. The van der Waals surface area contributed by atoms with Crippen LogP contribution >= 0.6 is 15.9 Å². The number of halogens is 1. The van der Waals surface area contributed by atoms with Crippen LogP contribution in [0.5, 0.6) is 0 Å². The van der Waals surface area contributed by atoms with Gasteiger partial charge in [0.25, 0.3) is 0 Å². The number of hydrogen-bond acceptors (Lipinski definition) is 3. The van der Waals surface area contributed by atoms with Gasteiger partial charge in [-0.25, -0.2) is 13.1 Å². The van der Waals surface area contributed by atoms with E-state index >= 15 is 0 Å². The molecule has 0 aromatic heterocycles. The smallest absolute Gasteiger partial charge is 0.241 e. The summed E-state index contributed by atoms with van der Waals surface area (Å²) in [5.74, 6) is 0. The van der Waals surface area contributed by atoms with Crippen molar-refractivity contribution in [2.75, 3.05) is 13.7 Å². The van der Waals surface area contributed by atoms with Crippen LogP contribution in [-0.2, 0) is 21.2 Å². The highest BCUT2D eigenvalue weighted by Crippen LogP contribution is 2.24. The number of nitrogens with one attached hydrogen (secondary N) is 1. The highest BCUT2D eigenvalue weighted by molar-refractivity contribution is 9.09. The Kier molecular flexibility index (Phi) is 5.00. The summed E-state index contributed by atoms with van der Waals surface area (Å²) < 4.78 is 32.4. The van der Waals surface area contributed by atoms with Crippen LogP contribution < -0.4 is 4.72 Å². The maximum absolute atomic E-state index is 12.3. The van der Waals surface area contributed by atoms with Crippen LogP contribution in [0.25, 0.3) is 0 Å². The zero-order valence-corrected chi connectivity index (χ0v) is 13.2. The Balaban J connectivity index is 2.19. The number of hydrogen-bond donors (Lipinski definition) is 1. The van der Waals surface area contributed by atoms with Crippen molar-refractivity contribution in [2.45, 2.75) is 35.0 Å². The highest BCUT2D eigenvalue weighted by Gasteiger charge is 2.29. The molecule has 1 saturated carbocycles. The van der Waals surface area contributed by atoms with Crippen molar-refractivity contribution in [1.29, 1.82) is 0 Å². The molecule has 0 amide bonds. The van der Waals surface area contributed by atoms with Gasteiger partial charge in [-0.2, -0.15) is 0 Å². The second kappa shape index (κ2) is 6.35. The Morgan fingerprint density at radius 3 is 2.74 bits per heavy atom. The van der Waals surface area contributed by atoms with Gasteiger partial charge in [-0.15, -0.1) is 0 Å². The van der Waals surface area contributed by atoms with E-state index in [4.69, 9.17) is 4.74 Å². The fourth-order valence-electron chi connectivity index (χ4n) is 1.90. The predicted molar refractivity (Wildman–Crippen MR) is 78.1 cm³/mol. The van der Waals surface area contributed by atoms with Gasteiger partial charge in [-0.05, 0) is 30.9 Å². The third kappa shape index (κ3) is 4.27. The highest BCUT2D eigenvalue weighted by atomic mass is 79.9. The van der Waals surface area contributed by atoms with Crippen molar-refractivity contribution in [2.24, 2.45) is 0 Å². The van der Waals surface area contributed by atoms with Crippen molar-refractivity contribution in [3.05, 3.63) is 29.8 Å². The predicted octanol–water partition coefficient (Wildman–Crippen LogP) is 2.08. The summed E-state index contributed by atoms with van der Waals surface area (Å²) in [5, 5.41) is 0. The van der Waals surface area contributed by atoms with Gasteiger partial charge in [0.05, 0.1) is 11.5 Å². The van der Waals surface area contributed by atoms with Crippen molar-refractivity contribution in [1.82, 2.24) is 4.72 Å². The maximum Gasteiger partial charge on any atom is 0.241 e. The molecular weight excluding hydrogens is 330 g/mol. The maximum atomic E-state index is 12.3. The molecule has 19 heavy (non-hydrogen) atoms. The van der Waals surface area contributed by atoms with Gasteiger partial charge in [0.2, 0.25) is 10.0 Å². The molecule has 1 N–H and O–H groups in total. The van der Waals surface area contributed by atoms with Crippen LogP contribution in [0.15, 0.2) is 29.2 Å². The molecule has 1 aromatic rings. The average molecular weight is 348 g/mol. The van der Waals surface area contributed by atoms with Crippen LogP contribution in [0.3, 0.4) is 0 Å². The summed E-state index contributed by atoms with van der Waals surface area (Å²) in [5.41, 5.74) is 0.814. The number of ether oxygens (including phenoxy) is 1.